The summed E-state index contributed by atoms with van der Waals surface area (Å²) >= 11 is 0. The molecule has 2 amide bonds. The van der Waals surface area contributed by atoms with Gasteiger partial charge in [-0.1, -0.05) is 0 Å². The minimum Gasteiger partial charge on any atom is -0.377 e. The highest BCUT2D eigenvalue weighted by molar-refractivity contribution is 5.78. The van der Waals surface area contributed by atoms with Crippen LogP contribution in [0.15, 0.2) is 0 Å². The van der Waals surface area contributed by atoms with Crippen molar-refractivity contribution in [1.82, 2.24) is 14.7 Å². The molecule has 140 valence electrons. The van der Waals surface area contributed by atoms with Gasteiger partial charge >= 0.3 is 0 Å². The molecule has 0 saturated carbocycles. The summed E-state index contributed by atoms with van der Waals surface area (Å²) in [6.07, 6.45) is 1.19. The predicted octanol–water partition coefficient (Wildman–Crippen LogP) is 0.439. The van der Waals surface area contributed by atoms with Gasteiger partial charge in [-0.2, -0.15) is 0 Å². The van der Waals surface area contributed by atoms with E-state index in [1.165, 1.54) is 0 Å². The number of nitrogens with zero attached hydrogens (tertiary/aromatic N) is 3. The summed E-state index contributed by atoms with van der Waals surface area (Å²) in [5.74, 6) is 0.0919. The summed E-state index contributed by atoms with van der Waals surface area (Å²) in [5.41, 5.74) is 0. The Bertz CT molecular complexity index is 355. The molecule has 0 aromatic heterocycles. The highest BCUT2D eigenvalue weighted by Crippen LogP contribution is 2.02. The van der Waals surface area contributed by atoms with Gasteiger partial charge in [0.1, 0.15) is 0 Å². The van der Waals surface area contributed by atoms with Gasteiger partial charge in [-0.05, 0) is 27.7 Å². The van der Waals surface area contributed by atoms with Gasteiger partial charge in [0.2, 0.25) is 12.3 Å². The molecule has 0 spiro atoms. The first-order valence-electron chi connectivity index (χ1n) is 8.85. The maximum absolute atomic E-state index is 12.6. The average molecular weight is 343 g/mol. The highest BCUT2D eigenvalue weighted by atomic mass is 16.5. The maximum Gasteiger partial charge on any atom is 0.236 e. The Balaban J connectivity index is 2.43. The summed E-state index contributed by atoms with van der Waals surface area (Å²) in [6.45, 7) is 13.4. The van der Waals surface area contributed by atoms with Crippen molar-refractivity contribution >= 4 is 12.3 Å². The molecule has 1 fully saturated rings. The monoisotopic (exact) mass is 343 g/mol. The van der Waals surface area contributed by atoms with Crippen LogP contribution in [0.25, 0.3) is 0 Å². The SMILES string of the molecule is CC(C)OCCN(CCOC(C)C)C(=O)CN1CCN(C=O)CC1. The van der Waals surface area contributed by atoms with Crippen LogP contribution in [0.5, 0.6) is 0 Å². The fourth-order valence-corrected chi connectivity index (χ4v) is 2.48. The van der Waals surface area contributed by atoms with Crippen LogP contribution in [0, 0.1) is 0 Å². The molecule has 7 nitrogen and oxygen atoms in total. The zero-order valence-corrected chi connectivity index (χ0v) is 15.6. The molecule has 0 unspecified atom stereocenters. The van der Waals surface area contributed by atoms with Crippen LogP contribution >= 0.6 is 0 Å². The highest BCUT2D eigenvalue weighted by Gasteiger charge is 2.21. The number of hydrogen-bond donors (Lipinski definition) is 0. The van der Waals surface area contributed by atoms with Crippen molar-refractivity contribution in [2.45, 2.75) is 39.9 Å². The first-order chi connectivity index (χ1) is 11.4. The lowest BCUT2D eigenvalue weighted by Crippen LogP contribution is -2.50. The Labute approximate surface area is 145 Å². The Morgan fingerprint density at radius 3 is 1.92 bits per heavy atom. The van der Waals surface area contributed by atoms with Crippen LogP contribution in [-0.2, 0) is 19.1 Å². The second kappa shape index (κ2) is 11.4. The third-order valence-corrected chi connectivity index (χ3v) is 3.89. The standard InChI is InChI=1S/C17H33N3O4/c1-15(2)23-11-9-20(10-12-24-16(3)4)17(22)13-18-5-7-19(14-21)8-6-18/h14-16H,5-13H2,1-4H3. The fourth-order valence-electron chi connectivity index (χ4n) is 2.48. The van der Waals surface area contributed by atoms with E-state index in [2.05, 4.69) is 4.90 Å². The van der Waals surface area contributed by atoms with E-state index in [1.54, 1.807) is 4.90 Å². The van der Waals surface area contributed by atoms with Gasteiger partial charge in [0.25, 0.3) is 0 Å². The summed E-state index contributed by atoms with van der Waals surface area (Å²) < 4.78 is 11.1. The summed E-state index contributed by atoms with van der Waals surface area (Å²) in [7, 11) is 0. The maximum atomic E-state index is 12.6. The third kappa shape index (κ3) is 8.61. The largest absolute Gasteiger partial charge is 0.377 e. The Morgan fingerprint density at radius 1 is 1.00 bits per heavy atom. The topological polar surface area (TPSA) is 62.3 Å². The molecule has 1 rings (SSSR count). The molecule has 1 saturated heterocycles. The molecule has 0 bridgehead atoms. The van der Waals surface area contributed by atoms with Crippen molar-refractivity contribution in [1.29, 1.82) is 0 Å². The second-order valence-corrected chi connectivity index (χ2v) is 6.64. The normalized spacial score (nSPS) is 16.0. The Morgan fingerprint density at radius 2 is 1.50 bits per heavy atom. The van der Waals surface area contributed by atoms with E-state index in [0.717, 1.165) is 19.5 Å². The van der Waals surface area contributed by atoms with E-state index in [9.17, 15) is 9.59 Å². The average Bonchev–Trinajstić information content (AvgIpc) is 2.53. The van der Waals surface area contributed by atoms with Gasteiger partial charge in [-0.3, -0.25) is 14.5 Å². The van der Waals surface area contributed by atoms with Crippen molar-refractivity contribution in [3.05, 3.63) is 0 Å². The third-order valence-electron chi connectivity index (χ3n) is 3.89. The molecule has 0 radical (unpaired) electrons. The molecular weight excluding hydrogens is 310 g/mol. The van der Waals surface area contributed by atoms with Crippen LogP contribution in [0.4, 0.5) is 0 Å². The minimum atomic E-state index is 0.0919. The van der Waals surface area contributed by atoms with Crippen molar-refractivity contribution in [2.24, 2.45) is 0 Å². The lowest BCUT2D eigenvalue weighted by molar-refractivity contribution is -0.135. The zero-order valence-electron chi connectivity index (χ0n) is 15.6. The molecule has 24 heavy (non-hydrogen) atoms. The van der Waals surface area contributed by atoms with E-state index < -0.39 is 0 Å². The van der Waals surface area contributed by atoms with Gasteiger partial charge in [0.05, 0.1) is 32.0 Å². The van der Waals surface area contributed by atoms with E-state index in [4.69, 9.17) is 9.47 Å². The zero-order chi connectivity index (χ0) is 17.9. The van der Waals surface area contributed by atoms with Gasteiger partial charge in [-0.25, -0.2) is 0 Å². The van der Waals surface area contributed by atoms with Gasteiger partial charge < -0.3 is 19.3 Å². The lowest BCUT2D eigenvalue weighted by atomic mass is 10.3. The first kappa shape index (κ1) is 20.9. The van der Waals surface area contributed by atoms with Gasteiger partial charge in [-0.15, -0.1) is 0 Å². The number of amides is 2. The Kier molecular flexibility index (Phi) is 9.90. The van der Waals surface area contributed by atoms with Crippen molar-refractivity contribution in [3.63, 3.8) is 0 Å². The molecule has 1 aliphatic rings. The van der Waals surface area contributed by atoms with E-state index in [-0.39, 0.29) is 18.1 Å². The van der Waals surface area contributed by atoms with Gasteiger partial charge in [0.15, 0.2) is 0 Å². The molecule has 1 aliphatic heterocycles. The van der Waals surface area contributed by atoms with Crippen molar-refractivity contribution in [3.8, 4) is 0 Å². The summed E-state index contributed by atoms with van der Waals surface area (Å²) in [6, 6.07) is 0. The number of carbonyl (C=O) groups is 2. The molecule has 0 aromatic rings. The van der Waals surface area contributed by atoms with E-state index >= 15 is 0 Å². The smallest absolute Gasteiger partial charge is 0.236 e. The van der Waals surface area contributed by atoms with Crippen LogP contribution in [0.2, 0.25) is 0 Å². The molecule has 0 aliphatic carbocycles. The molecule has 7 heteroatoms. The van der Waals surface area contributed by atoms with Gasteiger partial charge in [0, 0.05) is 39.3 Å². The number of carbonyl (C=O) groups excluding carboxylic acids is 2. The summed E-state index contributed by atoms with van der Waals surface area (Å²) in [5, 5.41) is 0. The van der Waals surface area contributed by atoms with Crippen LogP contribution in [-0.4, -0.2) is 98.3 Å². The Hall–Kier alpha value is -1.18. The second-order valence-electron chi connectivity index (χ2n) is 6.64. The molecule has 1 heterocycles. The fraction of sp³-hybridized carbons (Fsp3) is 0.882. The number of hydrogen-bond acceptors (Lipinski definition) is 5. The lowest BCUT2D eigenvalue weighted by Gasteiger charge is -2.33. The predicted molar refractivity (Wildman–Crippen MR) is 92.8 cm³/mol. The van der Waals surface area contributed by atoms with Crippen molar-refractivity contribution < 1.29 is 19.1 Å². The summed E-state index contributed by atoms with van der Waals surface area (Å²) in [4.78, 5) is 29.0. The van der Waals surface area contributed by atoms with Crippen LogP contribution in [0.1, 0.15) is 27.7 Å². The van der Waals surface area contributed by atoms with E-state index in [1.807, 2.05) is 32.6 Å². The van der Waals surface area contributed by atoms with Crippen molar-refractivity contribution in [2.75, 3.05) is 59.0 Å². The minimum absolute atomic E-state index is 0.0919. The number of piperazine rings is 1. The number of rotatable bonds is 11. The quantitative estimate of drug-likeness (QED) is 0.510. The molecule has 0 N–H and O–H groups in total. The molecular formula is C17H33N3O4. The first-order valence-corrected chi connectivity index (χ1v) is 8.85. The van der Waals surface area contributed by atoms with Crippen LogP contribution in [0.3, 0.4) is 0 Å². The van der Waals surface area contributed by atoms with E-state index in [0.29, 0.717) is 45.9 Å². The molecule has 0 aromatic carbocycles. The van der Waals surface area contributed by atoms with Crippen LogP contribution < -0.4 is 0 Å². The molecule has 0 atom stereocenters. The number of ether oxygens (including phenoxy) is 2.